The van der Waals surface area contributed by atoms with Gasteiger partial charge in [-0.1, -0.05) is 0 Å². The maximum Gasteiger partial charge on any atom is 0.419 e. The number of ketones is 1. The molecule has 0 saturated carbocycles. The normalized spacial score (nSPS) is 13.4. The van der Waals surface area contributed by atoms with Gasteiger partial charge in [0, 0.05) is 5.56 Å². The first kappa shape index (κ1) is 18.9. The second kappa shape index (κ2) is 6.55. The van der Waals surface area contributed by atoms with Gasteiger partial charge in [-0.15, -0.1) is 0 Å². The van der Waals surface area contributed by atoms with E-state index in [1.165, 1.54) is 6.92 Å². The van der Waals surface area contributed by atoms with Crippen molar-refractivity contribution in [3.05, 3.63) is 35.1 Å². The zero-order chi connectivity index (χ0) is 18.0. The first-order chi connectivity index (χ1) is 10.3. The zero-order valence-electron chi connectivity index (χ0n) is 13.0. The monoisotopic (exact) mass is 335 g/mol. The molecule has 1 aromatic rings. The second-order valence-electron chi connectivity index (χ2n) is 5.92. The summed E-state index contributed by atoms with van der Waals surface area (Å²) in [6.07, 6.45) is -5.79. The van der Waals surface area contributed by atoms with E-state index in [-0.39, 0.29) is 5.56 Å². The number of nitrogens with one attached hydrogen (secondary N) is 1. The Bertz CT molecular complexity index is 606. The molecule has 0 spiro atoms. The fourth-order valence-electron chi connectivity index (χ4n) is 1.70. The van der Waals surface area contributed by atoms with E-state index < -0.39 is 41.1 Å². The summed E-state index contributed by atoms with van der Waals surface area (Å²) in [4.78, 5) is 23.6. The molecule has 0 bridgehead atoms. The number of benzene rings is 1. The van der Waals surface area contributed by atoms with Crippen LogP contribution in [0.25, 0.3) is 0 Å². The molecule has 0 aromatic heterocycles. The molecule has 1 rings (SSSR count). The number of alkyl halides is 3. The van der Waals surface area contributed by atoms with E-state index in [1.807, 2.05) is 0 Å². The molecule has 4 nitrogen and oxygen atoms in total. The Labute approximate surface area is 130 Å². The lowest BCUT2D eigenvalue weighted by Crippen LogP contribution is -2.41. The molecular weight excluding hydrogens is 318 g/mol. The lowest BCUT2D eigenvalue weighted by Gasteiger charge is -2.21. The smallest absolute Gasteiger partial charge is 0.419 e. The van der Waals surface area contributed by atoms with E-state index in [1.54, 1.807) is 20.8 Å². The number of hydrogen-bond acceptors (Lipinski definition) is 3. The second-order valence-corrected chi connectivity index (χ2v) is 5.92. The standard InChI is InChI=1S/C15H17F4NO3/c1-8(20-13(22)23-14(2,3)4)12(21)9-5-6-11(16)10(7-9)15(17,18)19/h5-8H,1-4H3,(H,20,22)/t8-/m0/s1. The average Bonchev–Trinajstić information content (AvgIpc) is 2.34. The summed E-state index contributed by atoms with van der Waals surface area (Å²) in [6, 6.07) is 0.790. The lowest BCUT2D eigenvalue weighted by molar-refractivity contribution is -0.140. The minimum atomic E-state index is -4.91. The van der Waals surface area contributed by atoms with Gasteiger partial charge in [0.1, 0.15) is 11.4 Å². The Hall–Kier alpha value is -2.12. The van der Waals surface area contributed by atoms with Crippen molar-refractivity contribution in [2.24, 2.45) is 0 Å². The number of carbonyl (C=O) groups is 2. The molecule has 8 heteroatoms. The van der Waals surface area contributed by atoms with Crippen molar-refractivity contribution in [1.82, 2.24) is 5.32 Å². The number of halogens is 4. The molecular formula is C15H17F4NO3. The Balaban J connectivity index is 2.91. The van der Waals surface area contributed by atoms with E-state index in [0.29, 0.717) is 12.1 Å². The number of carbonyl (C=O) groups excluding carboxylic acids is 2. The maximum atomic E-state index is 13.2. The minimum absolute atomic E-state index is 0.359. The third-order valence-corrected chi connectivity index (χ3v) is 2.68. The van der Waals surface area contributed by atoms with E-state index in [9.17, 15) is 27.2 Å². The van der Waals surface area contributed by atoms with Crippen molar-refractivity contribution < 1.29 is 31.9 Å². The number of ether oxygens (including phenoxy) is 1. The Morgan fingerprint density at radius 1 is 1.17 bits per heavy atom. The summed E-state index contributed by atoms with van der Waals surface area (Å²) in [6.45, 7) is 6.15. The topological polar surface area (TPSA) is 55.4 Å². The first-order valence-corrected chi connectivity index (χ1v) is 6.72. The van der Waals surface area contributed by atoms with E-state index in [2.05, 4.69) is 5.32 Å². The van der Waals surface area contributed by atoms with Crippen LogP contribution in [0.3, 0.4) is 0 Å². The molecule has 0 saturated heterocycles. The number of Topliss-reactive ketones (excluding diaryl/α,β-unsaturated/α-hetero) is 1. The molecule has 0 aliphatic carbocycles. The average molecular weight is 335 g/mol. The third kappa shape index (κ3) is 5.54. The van der Waals surface area contributed by atoms with Crippen LogP contribution in [-0.4, -0.2) is 23.5 Å². The van der Waals surface area contributed by atoms with E-state index >= 15 is 0 Å². The maximum absolute atomic E-state index is 13.2. The quantitative estimate of drug-likeness (QED) is 0.672. The first-order valence-electron chi connectivity index (χ1n) is 6.72. The molecule has 0 unspecified atom stereocenters. The van der Waals surface area contributed by atoms with Crippen molar-refractivity contribution in [2.45, 2.75) is 45.5 Å². The van der Waals surface area contributed by atoms with Crippen LogP contribution in [0.4, 0.5) is 22.4 Å². The van der Waals surface area contributed by atoms with Crippen LogP contribution in [0, 0.1) is 5.82 Å². The Morgan fingerprint density at radius 3 is 2.22 bits per heavy atom. The van der Waals surface area contributed by atoms with E-state index in [0.717, 1.165) is 6.07 Å². The van der Waals surface area contributed by atoms with Crippen LogP contribution < -0.4 is 5.32 Å². The van der Waals surface area contributed by atoms with Crippen molar-refractivity contribution in [3.63, 3.8) is 0 Å². The van der Waals surface area contributed by atoms with Crippen LogP contribution in [-0.2, 0) is 10.9 Å². The predicted molar refractivity (Wildman–Crippen MR) is 74.6 cm³/mol. The zero-order valence-corrected chi connectivity index (χ0v) is 13.0. The van der Waals surface area contributed by atoms with Gasteiger partial charge in [0.05, 0.1) is 11.6 Å². The molecule has 23 heavy (non-hydrogen) atoms. The van der Waals surface area contributed by atoms with Gasteiger partial charge in [-0.25, -0.2) is 9.18 Å². The largest absolute Gasteiger partial charge is 0.444 e. The molecule has 1 atom stereocenters. The molecule has 0 fully saturated rings. The number of hydrogen-bond donors (Lipinski definition) is 1. The molecule has 0 aliphatic heterocycles. The summed E-state index contributed by atoms with van der Waals surface area (Å²) >= 11 is 0. The Kier molecular flexibility index (Phi) is 5.39. The van der Waals surface area contributed by atoms with Gasteiger partial charge >= 0.3 is 12.3 Å². The highest BCUT2D eigenvalue weighted by molar-refractivity contribution is 6.01. The summed E-state index contributed by atoms with van der Waals surface area (Å²) < 4.78 is 56.1. The predicted octanol–water partition coefficient (Wildman–Crippen LogP) is 3.94. The van der Waals surface area contributed by atoms with Gasteiger partial charge in [-0.3, -0.25) is 4.79 Å². The minimum Gasteiger partial charge on any atom is -0.444 e. The van der Waals surface area contributed by atoms with Crippen molar-refractivity contribution in [3.8, 4) is 0 Å². The third-order valence-electron chi connectivity index (χ3n) is 2.68. The van der Waals surface area contributed by atoms with Crippen LogP contribution in [0.1, 0.15) is 43.6 Å². The van der Waals surface area contributed by atoms with Gasteiger partial charge < -0.3 is 10.1 Å². The van der Waals surface area contributed by atoms with E-state index in [4.69, 9.17) is 4.74 Å². The van der Waals surface area contributed by atoms with Gasteiger partial charge in [0.15, 0.2) is 5.78 Å². The fraction of sp³-hybridized carbons (Fsp3) is 0.467. The highest BCUT2D eigenvalue weighted by atomic mass is 19.4. The van der Waals surface area contributed by atoms with Gasteiger partial charge in [0.25, 0.3) is 0 Å². The SMILES string of the molecule is C[C@H](NC(=O)OC(C)(C)C)C(=O)c1ccc(F)c(C(F)(F)F)c1. The highest BCUT2D eigenvalue weighted by Crippen LogP contribution is 2.32. The molecule has 0 radical (unpaired) electrons. The highest BCUT2D eigenvalue weighted by Gasteiger charge is 2.35. The summed E-state index contributed by atoms with van der Waals surface area (Å²) in [5.74, 6) is -2.26. The van der Waals surface area contributed by atoms with Crippen LogP contribution >= 0.6 is 0 Å². The number of alkyl carbamates (subject to hydrolysis) is 1. The summed E-state index contributed by atoms with van der Waals surface area (Å²) in [7, 11) is 0. The molecule has 0 aliphatic rings. The van der Waals surface area contributed by atoms with Crippen molar-refractivity contribution in [1.29, 1.82) is 0 Å². The van der Waals surface area contributed by atoms with Crippen LogP contribution in [0.2, 0.25) is 0 Å². The van der Waals surface area contributed by atoms with Gasteiger partial charge in [0.2, 0.25) is 0 Å². The van der Waals surface area contributed by atoms with Crippen molar-refractivity contribution in [2.75, 3.05) is 0 Å². The van der Waals surface area contributed by atoms with Gasteiger partial charge in [-0.2, -0.15) is 13.2 Å². The fourth-order valence-corrected chi connectivity index (χ4v) is 1.70. The van der Waals surface area contributed by atoms with Crippen LogP contribution in [0.15, 0.2) is 18.2 Å². The number of rotatable bonds is 3. The summed E-state index contributed by atoms with van der Waals surface area (Å²) in [5, 5.41) is 2.22. The molecule has 1 N–H and O–H groups in total. The molecule has 1 amide bonds. The van der Waals surface area contributed by atoms with Gasteiger partial charge in [-0.05, 0) is 45.9 Å². The molecule has 1 aromatic carbocycles. The molecule has 0 heterocycles. The lowest BCUT2D eigenvalue weighted by atomic mass is 10.0. The van der Waals surface area contributed by atoms with Crippen molar-refractivity contribution >= 4 is 11.9 Å². The summed E-state index contributed by atoms with van der Waals surface area (Å²) in [5.41, 5.74) is -2.68. The van der Waals surface area contributed by atoms with Crippen LogP contribution in [0.5, 0.6) is 0 Å². The molecule has 128 valence electrons. The number of amides is 1. The Morgan fingerprint density at radius 2 is 1.74 bits per heavy atom.